The Kier molecular flexibility index (Phi) is 6.21. The van der Waals surface area contributed by atoms with Gasteiger partial charge in [-0.25, -0.2) is 0 Å². The maximum absolute atomic E-state index is 10.8. The number of halogens is 1. The molecule has 25 heavy (non-hydrogen) atoms. The molecule has 128 valence electrons. The van der Waals surface area contributed by atoms with Crippen LogP contribution in [0.15, 0.2) is 42.5 Å². The van der Waals surface area contributed by atoms with Gasteiger partial charge in [-0.1, -0.05) is 48.9 Å². The zero-order valence-corrected chi connectivity index (χ0v) is 14.7. The highest BCUT2D eigenvalue weighted by atomic mass is 35.5. The minimum absolute atomic E-state index is 0.0654. The minimum Gasteiger partial charge on any atom is -0.545 e. The lowest BCUT2D eigenvalue weighted by Gasteiger charge is -2.14. The lowest BCUT2D eigenvalue weighted by atomic mass is 10.0. The number of ether oxygens (including phenoxy) is 1. The van der Waals surface area contributed by atoms with Crippen molar-refractivity contribution >= 4 is 29.2 Å². The van der Waals surface area contributed by atoms with Crippen LogP contribution in [0.4, 0.5) is 0 Å². The maximum Gasteiger partial charge on any atom is 0.138 e. The van der Waals surface area contributed by atoms with Gasteiger partial charge >= 0.3 is 0 Å². The summed E-state index contributed by atoms with van der Waals surface area (Å²) in [7, 11) is 0. The van der Waals surface area contributed by atoms with Gasteiger partial charge in [-0.3, -0.25) is 0 Å². The molecule has 2 aromatic carbocycles. The molecule has 0 aromatic heterocycles. The molecule has 0 aliphatic carbocycles. The second-order valence-corrected chi connectivity index (χ2v) is 5.97. The number of aromatic carboxylic acids is 1. The highest BCUT2D eigenvalue weighted by molar-refractivity contribution is 6.32. The van der Waals surface area contributed by atoms with Crippen molar-refractivity contribution < 1.29 is 14.6 Å². The summed E-state index contributed by atoms with van der Waals surface area (Å²) in [6.45, 7) is 3.99. The topological polar surface area (TPSA) is 73.1 Å². The smallest absolute Gasteiger partial charge is 0.138 e. The molecule has 2 rings (SSSR count). The third kappa shape index (κ3) is 4.85. The van der Waals surface area contributed by atoms with E-state index >= 15 is 0 Å². The highest BCUT2D eigenvalue weighted by Gasteiger charge is 2.07. The first kappa shape index (κ1) is 18.6. The van der Waals surface area contributed by atoms with E-state index in [-0.39, 0.29) is 11.7 Å². The number of carboxylic acid groups (broad SMARTS) is 1. The van der Waals surface area contributed by atoms with Crippen molar-refractivity contribution in [1.29, 1.82) is 5.26 Å². The van der Waals surface area contributed by atoms with Crippen LogP contribution in [0, 0.1) is 11.3 Å². The van der Waals surface area contributed by atoms with Crippen molar-refractivity contribution in [2.75, 3.05) is 0 Å². The van der Waals surface area contributed by atoms with E-state index in [1.165, 1.54) is 12.1 Å². The number of benzene rings is 2. The molecule has 0 bridgehead atoms. The molecule has 2 aromatic rings. The summed E-state index contributed by atoms with van der Waals surface area (Å²) in [5.74, 6) is -0.650. The molecule has 0 radical (unpaired) electrons. The van der Waals surface area contributed by atoms with Gasteiger partial charge in [0.1, 0.15) is 5.75 Å². The largest absolute Gasteiger partial charge is 0.545 e. The first-order chi connectivity index (χ1) is 11.9. The van der Waals surface area contributed by atoms with E-state index in [0.717, 1.165) is 12.0 Å². The Morgan fingerprint density at radius 2 is 1.92 bits per heavy atom. The number of carbonyl (C=O) groups excluding carboxylic acids is 1. The summed E-state index contributed by atoms with van der Waals surface area (Å²) in [5, 5.41) is 20.7. The van der Waals surface area contributed by atoms with E-state index < -0.39 is 5.97 Å². The van der Waals surface area contributed by atoms with Gasteiger partial charge in [0.25, 0.3) is 0 Å². The van der Waals surface area contributed by atoms with Gasteiger partial charge in [0.2, 0.25) is 0 Å². The van der Waals surface area contributed by atoms with E-state index in [9.17, 15) is 15.2 Å². The summed E-state index contributed by atoms with van der Waals surface area (Å²) < 4.78 is 5.72. The SMILES string of the molecule is CC[C@@H](C)Oc1ccc(/C=C(\C#N)c2ccc(C(=O)[O-])cc2)cc1Cl. The van der Waals surface area contributed by atoms with Crippen molar-refractivity contribution in [1.82, 2.24) is 0 Å². The van der Waals surface area contributed by atoms with Gasteiger partial charge in [0.05, 0.1) is 28.7 Å². The molecule has 0 aliphatic rings. The third-order valence-electron chi connectivity index (χ3n) is 3.72. The predicted molar refractivity (Wildman–Crippen MR) is 96.1 cm³/mol. The number of rotatable bonds is 6. The van der Waals surface area contributed by atoms with Gasteiger partial charge in [0.15, 0.2) is 0 Å². The van der Waals surface area contributed by atoms with E-state index in [1.807, 2.05) is 19.9 Å². The third-order valence-corrected chi connectivity index (χ3v) is 4.02. The molecule has 0 saturated heterocycles. The average molecular weight is 355 g/mol. The van der Waals surface area contributed by atoms with Crippen molar-refractivity contribution in [3.8, 4) is 11.8 Å². The standard InChI is InChI=1S/C20H18ClNO3/c1-3-13(2)25-19-9-4-14(11-18(19)21)10-17(12-22)15-5-7-16(8-6-15)20(23)24/h4-11,13H,3H2,1-2H3,(H,23,24)/p-1/b17-10+/t13-/m1/s1. The number of carbonyl (C=O) groups is 1. The van der Waals surface area contributed by atoms with Gasteiger partial charge in [-0.2, -0.15) is 5.26 Å². The number of carboxylic acids is 1. The molecule has 0 fully saturated rings. The number of nitrogens with zero attached hydrogens (tertiary/aromatic N) is 1. The molecule has 0 heterocycles. The number of nitriles is 1. The lowest BCUT2D eigenvalue weighted by molar-refractivity contribution is -0.255. The molecule has 0 amide bonds. The quantitative estimate of drug-likeness (QED) is 0.581. The zero-order valence-electron chi connectivity index (χ0n) is 14.0. The monoisotopic (exact) mass is 354 g/mol. The van der Waals surface area contributed by atoms with Crippen LogP contribution in [0.3, 0.4) is 0 Å². The lowest BCUT2D eigenvalue weighted by Crippen LogP contribution is -2.21. The molecule has 0 aliphatic heterocycles. The van der Waals surface area contributed by atoms with Crippen LogP contribution < -0.4 is 9.84 Å². The Hall–Kier alpha value is -2.77. The van der Waals surface area contributed by atoms with Gasteiger partial charge < -0.3 is 14.6 Å². The average Bonchev–Trinajstić information content (AvgIpc) is 2.61. The Balaban J connectivity index is 2.29. The molecule has 0 spiro atoms. The zero-order chi connectivity index (χ0) is 18.4. The van der Waals surface area contributed by atoms with Crippen molar-refractivity contribution in [3.05, 3.63) is 64.2 Å². The number of allylic oxidation sites excluding steroid dienone is 1. The Morgan fingerprint density at radius 1 is 1.28 bits per heavy atom. The Labute approximate surface area is 151 Å². The van der Waals surface area contributed by atoms with Crippen LogP contribution in [0.25, 0.3) is 11.6 Å². The first-order valence-electron chi connectivity index (χ1n) is 7.84. The van der Waals surface area contributed by atoms with Crippen LogP contribution in [0.1, 0.15) is 41.8 Å². The fraction of sp³-hybridized carbons (Fsp3) is 0.200. The fourth-order valence-electron chi connectivity index (χ4n) is 2.14. The van der Waals surface area contributed by atoms with Gasteiger partial charge in [0, 0.05) is 0 Å². The van der Waals surface area contributed by atoms with Crippen LogP contribution >= 0.6 is 11.6 Å². The normalized spacial score (nSPS) is 12.3. The summed E-state index contributed by atoms with van der Waals surface area (Å²) in [5.41, 5.74) is 1.83. The van der Waals surface area contributed by atoms with Crippen LogP contribution in [0.5, 0.6) is 5.75 Å². The van der Waals surface area contributed by atoms with Crippen LogP contribution in [-0.4, -0.2) is 12.1 Å². The van der Waals surface area contributed by atoms with Crippen molar-refractivity contribution in [3.63, 3.8) is 0 Å². The van der Waals surface area contributed by atoms with E-state index in [2.05, 4.69) is 6.07 Å². The van der Waals surface area contributed by atoms with Gasteiger partial charge in [-0.15, -0.1) is 0 Å². The molecule has 0 saturated carbocycles. The van der Waals surface area contributed by atoms with Crippen molar-refractivity contribution in [2.24, 2.45) is 0 Å². The number of hydrogen-bond acceptors (Lipinski definition) is 4. The second-order valence-electron chi connectivity index (χ2n) is 5.56. The molecular weight excluding hydrogens is 338 g/mol. The highest BCUT2D eigenvalue weighted by Crippen LogP contribution is 2.28. The second kappa shape index (κ2) is 8.36. The minimum atomic E-state index is -1.25. The Morgan fingerprint density at radius 3 is 2.44 bits per heavy atom. The summed E-state index contributed by atoms with van der Waals surface area (Å²) in [6, 6.07) is 13.4. The molecule has 4 nitrogen and oxygen atoms in total. The predicted octanol–water partition coefficient (Wildman–Crippen LogP) is 3.94. The molecule has 5 heteroatoms. The molecule has 1 atom stereocenters. The number of hydrogen-bond donors (Lipinski definition) is 0. The summed E-state index contributed by atoms with van der Waals surface area (Å²) >= 11 is 6.25. The molecular formula is C20H17ClNO3-. The molecule has 0 N–H and O–H groups in total. The van der Waals surface area contributed by atoms with E-state index in [1.54, 1.807) is 30.3 Å². The summed E-state index contributed by atoms with van der Waals surface area (Å²) in [4.78, 5) is 10.8. The van der Waals surface area contributed by atoms with Gasteiger partial charge in [-0.05, 0) is 48.2 Å². The fourth-order valence-corrected chi connectivity index (χ4v) is 2.37. The van der Waals surface area contributed by atoms with Crippen LogP contribution in [-0.2, 0) is 0 Å². The van der Waals surface area contributed by atoms with Crippen LogP contribution in [0.2, 0.25) is 5.02 Å². The maximum atomic E-state index is 10.8. The van der Waals surface area contributed by atoms with Crippen molar-refractivity contribution in [2.45, 2.75) is 26.4 Å². The van der Waals surface area contributed by atoms with E-state index in [0.29, 0.717) is 21.9 Å². The van der Waals surface area contributed by atoms with E-state index in [4.69, 9.17) is 16.3 Å². The molecule has 0 unspecified atom stereocenters. The Bertz CT molecular complexity index is 835. The summed E-state index contributed by atoms with van der Waals surface area (Å²) in [6.07, 6.45) is 2.63. The first-order valence-corrected chi connectivity index (χ1v) is 8.22.